The minimum absolute atomic E-state index is 0.360. The zero-order valence-electron chi connectivity index (χ0n) is 9.06. The number of nitrogen functional groups attached to an aromatic ring is 1. The van der Waals surface area contributed by atoms with Crippen molar-refractivity contribution in [2.45, 2.75) is 17.9 Å². The van der Waals surface area contributed by atoms with Gasteiger partial charge in [0.25, 0.3) is 0 Å². The van der Waals surface area contributed by atoms with Crippen molar-refractivity contribution in [2.75, 3.05) is 25.2 Å². The Hall–Kier alpha value is -0.710. The van der Waals surface area contributed by atoms with Crippen LogP contribution in [0, 0.1) is 6.92 Å². The number of benzene rings is 1. The van der Waals surface area contributed by atoms with Crippen LogP contribution in [-0.2, 0) is 4.74 Å². The maximum absolute atomic E-state index is 9.47. The highest BCUT2D eigenvalue weighted by Crippen LogP contribution is 2.26. The van der Waals surface area contributed by atoms with Gasteiger partial charge in [-0.25, -0.2) is 0 Å². The zero-order valence-corrected chi connectivity index (χ0v) is 9.88. The Morgan fingerprint density at radius 2 is 2.27 bits per heavy atom. The largest absolute Gasteiger partial charge is 0.398 e. The Morgan fingerprint density at radius 1 is 1.53 bits per heavy atom. The van der Waals surface area contributed by atoms with Crippen molar-refractivity contribution in [3.05, 3.63) is 23.8 Å². The third-order valence-electron chi connectivity index (χ3n) is 1.96. The van der Waals surface area contributed by atoms with E-state index in [9.17, 15) is 5.11 Å². The number of aryl methyl sites for hydroxylation is 1. The van der Waals surface area contributed by atoms with Crippen molar-refractivity contribution in [1.82, 2.24) is 0 Å². The molecular formula is C11H17NO2S. The summed E-state index contributed by atoms with van der Waals surface area (Å²) < 4.78 is 4.85. The van der Waals surface area contributed by atoms with Crippen molar-refractivity contribution in [3.63, 3.8) is 0 Å². The quantitative estimate of drug-likeness (QED) is 0.593. The molecule has 0 saturated heterocycles. The Morgan fingerprint density at radius 3 is 2.87 bits per heavy atom. The highest BCUT2D eigenvalue weighted by atomic mass is 32.2. The molecule has 0 aliphatic carbocycles. The lowest BCUT2D eigenvalue weighted by Gasteiger charge is -2.10. The molecule has 1 aromatic rings. The maximum atomic E-state index is 9.47. The van der Waals surface area contributed by atoms with Crippen LogP contribution in [0.5, 0.6) is 0 Å². The molecule has 0 aliphatic rings. The molecule has 0 aromatic heterocycles. The van der Waals surface area contributed by atoms with Gasteiger partial charge in [-0.15, -0.1) is 11.8 Å². The third-order valence-corrected chi connectivity index (χ3v) is 3.19. The average Bonchev–Trinajstić information content (AvgIpc) is 2.17. The highest BCUT2D eigenvalue weighted by Gasteiger charge is 2.06. The zero-order chi connectivity index (χ0) is 11.3. The maximum Gasteiger partial charge on any atom is 0.0867 e. The van der Waals surface area contributed by atoms with Crippen LogP contribution in [0.2, 0.25) is 0 Å². The molecule has 0 radical (unpaired) electrons. The van der Waals surface area contributed by atoms with Crippen molar-refractivity contribution in [3.8, 4) is 0 Å². The molecule has 0 spiro atoms. The van der Waals surface area contributed by atoms with E-state index in [0.717, 1.165) is 16.1 Å². The lowest BCUT2D eigenvalue weighted by atomic mass is 10.2. The minimum Gasteiger partial charge on any atom is -0.398 e. The van der Waals surface area contributed by atoms with Gasteiger partial charge in [-0.3, -0.25) is 0 Å². The second-order valence-electron chi connectivity index (χ2n) is 3.46. The summed E-state index contributed by atoms with van der Waals surface area (Å²) in [5, 5.41) is 9.47. The second kappa shape index (κ2) is 6.00. The Bertz CT molecular complexity index is 317. The van der Waals surface area contributed by atoms with Gasteiger partial charge >= 0.3 is 0 Å². The first-order valence-electron chi connectivity index (χ1n) is 4.79. The second-order valence-corrected chi connectivity index (χ2v) is 4.52. The summed E-state index contributed by atoms with van der Waals surface area (Å²) >= 11 is 1.55. The van der Waals surface area contributed by atoms with E-state index in [0.29, 0.717) is 12.4 Å². The number of nitrogens with two attached hydrogens (primary N) is 1. The lowest BCUT2D eigenvalue weighted by Crippen LogP contribution is -2.16. The van der Waals surface area contributed by atoms with E-state index in [1.54, 1.807) is 18.9 Å². The molecule has 0 fully saturated rings. The van der Waals surface area contributed by atoms with Crippen LogP contribution in [0.1, 0.15) is 5.56 Å². The van der Waals surface area contributed by atoms with E-state index in [4.69, 9.17) is 10.5 Å². The SMILES string of the molecule is COCC(O)CSc1ccc(C)cc1N. The molecule has 84 valence electrons. The van der Waals surface area contributed by atoms with Crippen LogP contribution in [-0.4, -0.2) is 30.7 Å². The highest BCUT2D eigenvalue weighted by molar-refractivity contribution is 7.99. The van der Waals surface area contributed by atoms with E-state index in [1.807, 2.05) is 25.1 Å². The van der Waals surface area contributed by atoms with Gasteiger partial charge in [-0.05, 0) is 24.6 Å². The van der Waals surface area contributed by atoms with E-state index < -0.39 is 6.10 Å². The number of rotatable bonds is 5. The molecule has 3 N–H and O–H groups in total. The molecule has 4 heteroatoms. The number of methoxy groups -OCH3 is 1. The number of hydrogen-bond acceptors (Lipinski definition) is 4. The smallest absolute Gasteiger partial charge is 0.0867 e. The van der Waals surface area contributed by atoms with Gasteiger partial charge in [0.15, 0.2) is 0 Å². The number of ether oxygens (including phenoxy) is 1. The first-order valence-corrected chi connectivity index (χ1v) is 5.78. The van der Waals surface area contributed by atoms with Gasteiger partial charge in [-0.2, -0.15) is 0 Å². The monoisotopic (exact) mass is 227 g/mol. The van der Waals surface area contributed by atoms with Crippen molar-refractivity contribution >= 4 is 17.4 Å². The Labute approximate surface area is 94.6 Å². The molecule has 0 heterocycles. The lowest BCUT2D eigenvalue weighted by molar-refractivity contribution is 0.0794. The third kappa shape index (κ3) is 4.11. The molecule has 1 rings (SSSR count). The molecule has 1 aromatic carbocycles. The summed E-state index contributed by atoms with van der Waals surface area (Å²) in [6, 6.07) is 5.93. The van der Waals surface area contributed by atoms with Gasteiger partial charge in [-0.1, -0.05) is 6.07 Å². The van der Waals surface area contributed by atoms with Crippen molar-refractivity contribution in [2.24, 2.45) is 0 Å². The Kier molecular flexibility index (Phi) is 4.94. The fraction of sp³-hybridized carbons (Fsp3) is 0.455. The molecule has 0 amide bonds. The Balaban J connectivity index is 2.50. The summed E-state index contributed by atoms with van der Waals surface area (Å²) in [5.41, 5.74) is 7.76. The van der Waals surface area contributed by atoms with Gasteiger partial charge < -0.3 is 15.6 Å². The van der Waals surface area contributed by atoms with Crippen LogP contribution in [0.25, 0.3) is 0 Å². The molecular weight excluding hydrogens is 210 g/mol. The first kappa shape index (κ1) is 12.4. The van der Waals surface area contributed by atoms with Crippen LogP contribution in [0.4, 0.5) is 5.69 Å². The van der Waals surface area contributed by atoms with Crippen molar-refractivity contribution in [1.29, 1.82) is 0 Å². The van der Waals surface area contributed by atoms with E-state index >= 15 is 0 Å². The average molecular weight is 227 g/mol. The van der Waals surface area contributed by atoms with Gasteiger partial charge in [0, 0.05) is 23.4 Å². The van der Waals surface area contributed by atoms with Gasteiger partial charge in [0.2, 0.25) is 0 Å². The predicted molar refractivity (Wildman–Crippen MR) is 64.2 cm³/mol. The number of aliphatic hydroxyl groups is 1. The van der Waals surface area contributed by atoms with E-state index in [-0.39, 0.29) is 0 Å². The topological polar surface area (TPSA) is 55.5 Å². The van der Waals surface area contributed by atoms with Crippen LogP contribution < -0.4 is 5.73 Å². The van der Waals surface area contributed by atoms with Gasteiger partial charge in [0.05, 0.1) is 12.7 Å². The summed E-state index contributed by atoms with van der Waals surface area (Å²) in [6.07, 6.45) is -0.444. The molecule has 1 atom stereocenters. The van der Waals surface area contributed by atoms with Crippen LogP contribution >= 0.6 is 11.8 Å². The number of anilines is 1. The van der Waals surface area contributed by atoms with E-state index in [1.165, 1.54) is 0 Å². The normalized spacial score (nSPS) is 12.7. The van der Waals surface area contributed by atoms with Gasteiger partial charge in [0.1, 0.15) is 0 Å². The molecule has 0 aliphatic heterocycles. The molecule has 3 nitrogen and oxygen atoms in total. The molecule has 0 bridgehead atoms. The summed E-state index contributed by atoms with van der Waals surface area (Å²) in [7, 11) is 1.58. The minimum atomic E-state index is -0.444. The molecule has 15 heavy (non-hydrogen) atoms. The van der Waals surface area contributed by atoms with Crippen molar-refractivity contribution < 1.29 is 9.84 Å². The summed E-state index contributed by atoms with van der Waals surface area (Å²) in [4.78, 5) is 1.01. The first-order chi connectivity index (χ1) is 7.13. The number of hydrogen-bond donors (Lipinski definition) is 2. The summed E-state index contributed by atoms with van der Waals surface area (Å²) in [6.45, 7) is 2.36. The molecule has 1 unspecified atom stereocenters. The number of thioether (sulfide) groups is 1. The molecule has 0 saturated carbocycles. The fourth-order valence-corrected chi connectivity index (χ4v) is 2.08. The summed E-state index contributed by atoms with van der Waals surface area (Å²) in [5.74, 6) is 0.598. The number of aliphatic hydroxyl groups excluding tert-OH is 1. The standard InChI is InChI=1S/C11H17NO2S/c1-8-3-4-11(10(12)5-8)15-7-9(13)6-14-2/h3-5,9,13H,6-7,12H2,1-2H3. The van der Waals surface area contributed by atoms with Crippen LogP contribution in [0.15, 0.2) is 23.1 Å². The van der Waals surface area contributed by atoms with E-state index in [2.05, 4.69) is 0 Å². The fourth-order valence-electron chi connectivity index (χ4n) is 1.23. The predicted octanol–water partition coefficient (Wildman–Crippen LogP) is 1.68. The van der Waals surface area contributed by atoms with Crippen LogP contribution in [0.3, 0.4) is 0 Å².